The molecule has 0 aromatic rings. The zero-order valence-corrected chi connectivity index (χ0v) is 10.3. The number of carboxylic acids is 1. The van der Waals surface area contributed by atoms with Crippen molar-refractivity contribution >= 4 is 5.97 Å². The third kappa shape index (κ3) is 2.95. The topological polar surface area (TPSA) is 66.8 Å². The minimum Gasteiger partial charge on any atom is -0.481 e. The largest absolute Gasteiger partial charge is 0.481 e. The second-order valence-corrected chi connectivity index (χ2v) is 5.46. The van der Waals surface area contributed by atoms with Crippen molar-refractivity contribution in [2.24, 2.45) is 5.41 Å². The number of carboxylic acid groups (broad SMARTS) is 1. The number of aliphatic hydroxyl groups is 1. The fourth-order valence-corrected chi connectivity index (χ4v) is 2.51. The summed E-state index contributed by atoms with van der Waals surface area (Å²) in [5.41, 5.74) is -1.15. The zero-order chi connectivity index (χ0) is 12.4. The summed E-state index contributed by atoms with van der Waals surface area (Å²) in [5, 5.41) is 18.9. The SMILES string of the molecule is COC(C)(C)CC1(C(=O)O)CCC(O)CC1. The molecule has 16 heavy (non-hydrogen) atoms. The summed E-state index contributed by atoms with van der Waals surface area (Å²) in [6, 6.07) is 0. The van der Waals surface area contributed by atoms with Gasteiger partial charge >= 0.3 is 5.97 Å². The summed E-state index contributed by atoms with van der Waals surface area (Å²) < 4.78 is 5.32. The van der Waals surface area contributed by atoms with E-state index < -0.39 is 17.0 Å². The highest BCUT2D eigenvalue weighted by Gasteiger charge is 2.45. The van der Waals surface area contributed by atoms with Gasteiger partial charge in [-0.05, 0) is 46.0 Å². The van der Waals surface area contributed by atoms with E-state index in [1.807, 2.05) is 13.8 Å². The second kappa shape index (κ2) is 4.72. The molecule has 1 aliphatic carbocycles. The van der Waals surface area contributed by atoms with Crippen molar-refractivity contribution in [2.75, 3.05) is 7.11 Å². The Balaban J connectivity index is 2.78. The molecule has 0 aromatic heterocycles. The smallest absolute Gasteiger partial charge is 0.309 e. The van der Waals surface area contributed by atoms with Crippen molar-refractivity contribution in [1.29, 1.82) is 0 Å². The molecular weight excluding hydrogens is 208 g/mol. The van der Waals surface area contributed by atoms with Gasteiger partial charge in [-0.15, -0.1) is 0 Å². The molecule has 1 aliphatic rings. The van der Waals surface area contributed by atoms with E-state index in [1.54, 1.807) is 7.11 Å². The highest BCUT2D eigenvalue weighted by molar-refractivity contribution is 5.74. The number of ether oxygens (including phenoxy) is 1. The van der Waals surface area contributed by atoms with Gasteiger partial charge in [0.1, 0.15) is 0 Å². The normalized spacial score (nSPS) is 31.4. The Kier molecular flexibility index (Phi) is 3.97. The van der Waals surface area contributed by atoms with Crippen LogP contribution >= 0.6 is 0 Å². The average Bonchev–Trinajstić information content (AvgIpc) is 2.21. The Morgan fingerprint density at radius 3 is 2.31 bits per heavy atom. The first kappa shape index (κ1) is 13.5. The molecule has 0 aromatic carbocycles. The highest BCUT2D eigenvalue weighted by Crippen LogP contribution is 2.43. The van der Waals surface area contributed by atoms with Crippen molar-refractivity contribution in [3.63, 3.8) is 0 Å². The fourth-order valence-electron chi connectivity index (χ4n) is 2.51. The van der Waals surface area contributed by atoms with Crippen molar-refractivity contribution in [1.82, 2.24) is 0 Å². The van der Waals surface area contributed by atoms with E-state index in [4.69, 9.17) is 4.74 Å². The predicted octanol–water partition coefficient (Wildman–Crippen LogP) is 1.81. The van der Waals surface area contributed by atoms with Gasteiger partial charge in [-0.25, -0.2) is 0 Å². The molecule has 94 valence electrons. The first-order chi connectivity index (χ1) is 7.31. The minimum atomic E-state index is -0.760. The number of methoxy groups -OCH3 is 1. The molecule has 0 spiro atoms. The van der Waals surface area contributed by atoms with Crippen LogP contribution in [0.1, 0.15) is 46.0 Å². The molecule has 1 saturated carbocycles. The summed E-state index contributed by atoms with van der Waals surface area (Å²) in [6.07, 6.45) is 2.39. The van der Waals surface area contributed by atoms with Gasteiger partial charge in [0, 0.05) is 7.11 Å². The van der Waals surface area contributed by atoms with Gasteiger partial charge in [0.2, 0.25) is 0 Å². The molecule has 4 heteroatoms. The number of aliphatic hydroxyl groups excluding tert-OH is 1. The van der Waals surface area contributed by atoms with Gasteiger partial charge in [-0.2, -0.15) is 0 Å². The molecule has 0 bridgehead atoms. The van der Waals surface area contributed by atoms with E-state index in [-0.39, 0.29) is 6.10 Å². The van der Waals surface area contributed by atoms with Gasteiger partial charge in [0.15, 0.2) is 0 Å². The molecule has 4 nitrogen and oxygen atoms in total. The molecule has 1 rings (SSSR count). The number of carbonyl (C=O) groups is 1. The molecule has 0 atom stereocenters. The molecule has 0 heterocycles. The lowest BCUT2D eigenvalue weighted by Crippen LogP contribution is -2.43. The molecule has 1 fully saturated rings. The first-order valence-corrected chi connectivity index (χ1v) is 5.78. The lowest BCUT2D eigenvalue weighted by Gasteiger charge is -2.40. The Labute approximate surface area is 96.6 Å². The summed E-state index contributed by atoms with van der Waals surface area (Å²) in [5.74, 6) is -0.760. The van der Waals surface area contributed by atoms with Crippen LogP contribution in [0.4, 0.5) is 0 Å². The third-order valence-corrected chi connectivity index (χ3v) is 3.68. The van der Waals surface area contributed by atoms with E-state index in [0.717, 1.165) is 0 Å². The number of rotatable bonds is 4. The van der Waals surface area contributed by atoms with Crippen LogP contribution in [0.5, 0.6) is 0 Å². The summed E-state index contributed by atoms with van der Waals surface area (Å²) in [7, 11) is 1.60. The summed E-state index contributed by atoms with van der Waals surface area (Å²) in [4.78, 5) is 11.4. The van der Waals surface area contributed by atoms with Crippen LogP contribution in [0, 0.1) is 5.41 Å². The summed E-state index contributed by atoms with van der Waals surface area (Å²) >= 11 is 0. The number of hydrogen-bond donors (Lipinski definition) is 2. The van der Waals surface area contributed by atoms with Crippen LogP contribution in [0.15, 0.2) is 0 Å². The Morgan fingerprint density at radius 2 is 1.94 bits per heavy atom. The minimum absolute atomic E-state index is 0.335. The Bertz CT molecular complexity index is 252. The lowest BCUT2D eigenvalue weighted by molar-refractivity contribution is -0.158. The van der Waals surface area contributed by atoms with E-state index >= 15 is 0 Å². The van der Waals surface area contributed by atoms with Crippen LogP contribution in [-0.2, 0) is 9.53 Å². The highest BCUT2D eigenvalue weighted by atomic mass is 16.5. The maximum absolute atomic E-state index is 11.4. The molecule has 0 amide bonds. The van der Waals surface area contributed by atoms with E-state index in [2.05, 4.69) is 0 Å². The van der Waals surface area contributed by atoms with E-state index in [9.17, 15) is 15.0 Å². The molecule has 0 saturated heterocycles. The quantitative estimate of drug-likeness (QED) is 0.773. The van der Waals surface area contributed by atoms with Crippen molar-refractivity contribution in [2.45, 2.75) is 57.7 Å². The van der Waals surface area contributed by atoms with Crippen LogP contribution < -0.4 is 0 Å². The first-order valence-electron chi connectivity index (χ1n) is 5.78. The van der Waals surface area contributed by atoms with Gasteiger partial charge in [-0.3, -0.25) is 4.79 Å². The molecule has 0 unspecified atom stereocenters. The van der Waals surface area contributed by atoms with Crippen LogP contribution in [0.2, 0.25) is 0 Å². The predicted molar refractivity (Wildman–Crippen MR) is 60.2 cm³/mol. The lowest BCUT2D eigenvalue weighted by atomic mass is 9.68. The van der Waals surface area contributed by atoms with Crippen LogP contribution in [0.25, 0.3) is 0 Å². The Morgan fingerprint density at radius 1 is 1.44 bits per heavy atom. The standard InChI is InChI=1S/C12H22O4/c1-11(2,16-3)8-12(10(14)15)6-4-9(13)5-7-12/h9,13H,4-8H2,1-3H3,(H,14,15). The molecule has 2 N–H and O–H groups in total. The van der Waals surface area contributed by atoms with Crippen molar-refractivity contribution < 1.29 is 19.7 Å². The average molecular weight is 230 g/mol. The zero-order valence-electron chi connectivity index (χ0n) is 10.3. The van der Waals surface area contributed by atoms with Crippen molar-refractivity contribution in [3.05, 3.63) is 0 Å². The monoisotopic (exact) mass is 230 g/mol. The van der Waals surface area contributed by atoms with Crippen LogP contribution in [0.3, 0.4) is 0 Å². The molecular formula is C12H22O4. The number of hydrogen-bond acceptors (Lipinski definition) is 3. The fraction of sp³-hybridized carbons (Fsp3) is 0.917. The van der Waals surface area contributed by atoms with Gasteiger partial charge in [0.05, 0.1) is 17.1 Å². The van der Waals surface area contributed by atoms with Gasteiger partial charge in [-0.1, -0.05) is 0 Å². The maximum atomic E-state index is 11.4. The van der Waals surface area contributed by atoms with E-state index in [0.29, 0.717) is 32.1 Å². The van der Waals surface area contributed by atoms with E-state index in [1.165, 1.54) is 0 Å². The third-order valence-electron chi connectivity index (χ3n) is 3.68. The summed E-state index contributed by atoms with van der Waals surface area (Å²) in [6.45, 7) is 3.81. The van der Waals surface area contributed by atoms with Gasteiger partial charge in [0.25, 0.3) is 0 Å². The second-order valence-electron chi connectivity index (χ2n) is 5.46. The van der Waals surface area contributed by atoms with Crippen LogP contribution in [-0.4, -0.2) is 35.0 Å². The molecule has 0 aliphatic heterocycles. The molecule has 0 radical (unpaired) electrons. The Hall–Kier alpha value is -0.610. The maximum Gasteiger partial charge on any atom is 0.309 e. The van der Waals surface area contributed by atoms with Gasteiger partial charge < -0.3 is 14.9 Å². The van der Waals surface area contributed by atoms with Crippen molar-refractivity contribution in [3.8, 4) is 0 Å². The number of aliphatic carboxylic acids is 1.